The van der Waals surface area contributed by atoms with Crippen LogP contribution in [0.15, 0.2) is 48.5 Å². The Morgan fingerprint density at radius 1 is 1.06 bits per heavy atom. The van der Waals surface area contributed by atoms with Crippen LogP contribution in [0.5, 0.6) is 0 Å². The van der Waals surface area contributed by atoms with Gasteiger partial charge in [0.1, 0.15) is 0 Å². The van der Waals surface area contributed by atoms with Gasteiger partial charge in [-0.2, -0.15) is 0 Å². The molecule has 2 nitrogen and oxygen atoms in total. The van der Waals surface area contributed by atoms with E-state index in [2.05, 4.69) is 36.2 Å². The molecule has 0 unspecified atom stereocenters. The van der Waals surface area contributed by atoms with E-state index >= 15 is 0 Å². The minimum absolute atomic E-state index is 0.578. The summed E-state index contributed by atoms with van der Waals surface area (Å²) in [5, 5.41) is 0.808. The molecule has 0 amide bonds. The standard InChI is InChI=1S/C15H17ClN2/c1-18(11-13-4-2-3-5-15(13)16)14-8-6-12(10-17)7-9-14/h2-9H,10-11,17H2,1H3. The molecule has 0 fully saturated rings. The highest BCUT2D eigenvalue weighted by atomic mass is 35.5. The Bertz CT molecular complexity index is 508. The normalized spacial score (nSPS) is 10.4. The van der Waals surface area contributed by atoms with Gasteiger partial charge in [-0.05, 0) is 29.3 Å². The van der Waals surface area contributed by atoms with Gasteiger partial charge in [-0.15, -0.1) is 0 Å². The number of halogens is 1. The van der Waals surface area contributed by atoms with Gasteiger partial charge < -0.3 is 10.6 Å². The predicted molar refractivity (Wildman–Crippen MR) is 77.9 cm³/mol. The summed E-state index contributed by atoms with van der Waals surface area (Å²) < 4.78 is 0. The van der Waals surface area contributed by atoms with E-state index < -0.39 is 0 Å². The second-order valence-electron chi connectivity index (χ2n) is 4.32. The van der Waals surface area contributed by atoms with Crippen molar-refractivity contribution in [2.75, 3.05) is 11.9 Å². The average molecular weight is 261 g/mol. The van der Waals surface area contributed by atoms with Crippen molar-refractivity contribution >= 4 is 17.3 Å². The van der Waals surface area contributed by atoms with Gasteiger partial charge in [0.2, 0.25) is 0 Å². The smallest absolute Gasteiger partial charge is 0.0455 e. The van der Waals surface area contributed by atoms with Gasteiger partial charge in [-0.25, -0.2) is 0 Å². The van der Waals surface area contributed by atoms with E-state index in [0.717, 1.165) is 28.4 Å². The molecule has 2 rings (SSSR count). The number of hydrogen-bond donors (Lipinski definition) is 1. The van der Waals surface area contributed by atoms with Gasteiger partial charge in [-0.1, -0.05) is 41.9 Å². The van der Waals surface area contributed by atoms with Crippen molar-refractivity contribution in [1.29, 1.82) is 0 Å². The lowest BCUT2D eigenvalue weighted by molar-refractivity contribution is 0.921. The van der Waals surface area contributed by atoms with E-state index in [9.17, 15) is 0 Å². The summed E-state index contributed by atoms with van der Waals surface area (Å²) in [6.45, 7) is 1.37. The van der Waals surface area contributed by atoms with Crippen LogP contribution in [-0.2, 0) is 13.1 Å². The van der Waals surface area contributed by atoms with Crippen molar-refractivity contribution in [3.63, 3.8) is 0 Å². The van der Waals surface area contributed by atoms with Crippen LogP contribution in [-0.4, -0.2) is 7.05 Å². The highest BCUT2D eigenvalue weighted by Crippen LogP contribution is 2.20. The molecule has 0 aliphatic rings. The molecular formula is C15H17ClN2. The van der Waals surface area contributed by atoms with Crippen LogP contribution in [0.25, 0.3) is 0 Å². The first-order chi connectivity index (χ1) is 8.70. The molecule has 0 spiro atoms. The first kappa shape index (κ1) is 12.9. The Morgan fingerprint density at radius 3 is 2.33 bits per heavy atom. The Morgan fingerprint density at radius 2 is 1.72 bits per heavy atom. The summed E-state index contributed by atoms with van der Waals surface area (Å²) in [6, 6.07) is 16.2. The molecule has 0 saturated carbocycles. The molecule has 94 valence electrons. The molecule has 2 N–H and O–H groups in total. The molecule has 0 atom stereocenters. The predicted octanol–water partition coefficient (Wildman–Crippen LogP) is 3.44. The zero-order chi connectivity index (χ0) is 13.0. The number of nitrogens with two attached hydrogens (primary N) is 1. The van der Waals surface area contributed by atoms with Crippen LogP contribution in [0.2, 0.25) is 5.02 Å². The van der Waals surface area contributed by atoms with Crippen molar-refractivity contribution in [2.45, 2.75) is 13.1 Å². The number of hydrogen-bond acceptors (Lipinski definition) is 2. The van der Waals surface area contributed by atoms with Gasteiger partial charge in [0, 0.05) is 30.8 Å². The van der Waals surface area contributed by atoms with Crippen molar-refractivity contribution < 1.29 is 0 Å². The Labute approximate surface area is 113 Å². The largest absolute Gasteiger partial charge is 0.370 e. The summed E-state index contributed by atoms with van der Waals surface area (Å²) in [4.78, 5) is 2.17. The highest BCUT2D eigenvalue weighted by Gasteiger charge is 2.04. The number of anilines is 1. The van der Waals surface area contributed by atoms with E-state index in [1.807, 2.05) is 24.3 Å². The summed E-state index contributed by atoms with van der Waals surface area (Å²) in [5.74, 6) is 0. The molecule has 0 bridgehead atoms. The lowest BCUT2D eigenvalue weighted by Crippen LogP contribution is -2.16. The second-order valence-corrected chi connectivity index (χ2v) is 4.73. The maximum absolute atomic E-state index is 6.16. The van der Waals surface area contributed by atoms with Crippen LogP contribution >= 0.6 is 11.6 Å². The highest BCUT2D eigenvalue weighted by molar-refractivity contribution is 6.31. The fraction of sp³-hybridized carbons (Fsp3) is 0.200. The summed E-state index contributed by atoms with van der Waals surface area (Å²) in [6.07, 6.45) is 0. The molecule has 0 saturated heterocycles. The van der Waals surface area contributed by atoms with Crippen LogP contribution in [0.4, 0.5) is 5.69 Å². The van der Waals surface area contributed by atoms with Gasteiger partial charge in [0.25, 0.3) is 0 Å². The van der Waals surface area contributed by atoms with Crippen LogP contribution in [0, 0.1) is 0 Å². The third-order valence-electron chi connectivity index (χ3n) is 2.98. The summed E-state index contributed by atoms with van der Waals surface area (Å²) in [7, 11) is 2.06. The minimum Gasteiger partial charge on any atom is -0.370 e. The Balaban J connectivity index is 2.11. The lowest BCUT2D eigenvalue weighted by Gasteiger charge is -2.20. The first-order valence-corrected chi connectivity index (χ1v) is 6.32. The van der Waals surface area contributed by atoms with Gasteiger partial charge in [0.05, 0.1) is 0 Å². The van der Waals surface area contributed by atoms with Crippen molar-refractivity contribution in [3.8, 4) is 0 Å². The van der Waals surface area contributed by atoms with Gasteiger partial charge in [-0.3, -0.25) is 0 Å². The Hall–Kier alpha value is -1.51. The molecular weight excluding hydrogens is 244 g/mol. The van der Waals surface area contributed by atoms with Crippen LogP contribution in [0.3, 0.4) is 0 Å². The summed E-state index contributed by atoms with van der Waals surface area (Å²) in [5.41, 5.74) is 9.02. The molecule has 18 heavy (non-hydrogen) atoms. The van der Waals surface area contributed by atoms with Crippen molar-refractivity contribution in [3.05, 3.63) is 64.7 Å². The maximum Gasteiger partial charge on any atom is 0.0455 e. The van der Waals surface area contributed by atoms with Gasteiger partial charge >= 0.3 is 0 Å². The second kappa shape index (κ2) is 5.89. The third kappa shape index (κ3) is 3.03. The number of rotatable bonds is 4. The zero-order valence-corrected chi connectivity index (χ0v) is 11.2. The van der Waals surface area contributed by atoms with Crippen molar-refractivity contribution in [2.24, 2.45) is 5.73 Å². The molecule has 2 aromatic rings. The molecule has 2 aromatic carbocycles. The minimum atomic E-state index is 0.578. The van der Waals surface area contributed by atoms with Crippen LogP contribution < -0.4 is 10.6 Å². The molecule has 3 heteroatoms. The average Bonchev–Trinajstić information content (AvgIpc) is 2.41. The zero-order valence-electron chi connectivity index (χ0n) is 10.4. The third-order valence-corrected chi connectivity index (χ3v) is 3.35. The molecule has 0 aromatic heterocycles. The maximum atomic E-state index is 6.16. The van der Waals surface area contributed by atoms with Crippen LogP contribution in [0.1, 0.15) is 11.1 Å². The lowest BCUT2D eigenvalue weighted by atomic mass is 10.1. The molecule has 0 radical (unpaired) electrons. The molecule has 0 aliphatic heterocycles. The number of benzene rings is 2. The van der Waals surface area contributed by atoms with Gasteiger partial charge in [0.15, 0.2) is 0 Å². The quantitative estimate of drug-likeness (QED) is 0.913. The molecule has 0 heterocycles. The fourth-order valence-corrected chi connectivity index (χ4v) is 2.06. The summed E-state index contributed by atoms with van der Waals surface area (Å²) >= 11 is 6.16. The fourth-order valence-electron chi connectivity index (χ4n) is 1.86. The number of nitrogens with zero attached hydrogens (tertiary/aromatic N) is 1. The van der Waals surface area contributed by atoms with E-state index in [-0.39, 0.29) is 0 Å². The van der Waals surface area contributed by atoms with E-state index in [4.69, 9.17) is 17.3 Å². The monoisotopic (exact) mass is 260 g/mol. The van der Waals surface area contributed by atoms with E-state index in [1.165, 1.54) is 0 Å². The van der Waals surface area contributed by atoms with E-state index in [1.54, 1.807) is 0 Å². The SMILES string of the molecule is CN(Cc1ccccc1Cl)c1ccc(CN)cc1. The molecule has 0 aliphatic carbocycles. The Kier molecular flexibility index (Phi) is 4.24. The van der Waals surface area contributed by atoms with E-state index in [0.29, 0.717) is 6.54 Å². The topological polar surface area (TPSA) is 29.3 Å². The first-order valence-electron chi connectivity index (χ1n) is 5.94. The van der Waals surface area contributed by atoms with Crippen molar-refractivity contribution in [1.82, 2.24) is 0 Å².